The van der Waals surface area contributed by atoms with Crippen molar-refractivity contribution in [1.29, 1.82) is 0 Å². The van der Waals surface area contributed by atoms with Gasteiger partial charge in [0.25, 0.3) is 0 Å². The molecule has 1 rings (SSSR count). The number of rotatable bonds is 4. The number of anilines is 1. The number of nitrogen functional groups attached to an aromatic ring is 1. The summed E-state index contributed by atoms with van der Waals surface area (Å²) in [5.41, 5.74) is 5.54. The van der Waals surface area contributed by atoms with Gasteiger partial charge in [-0.3, -0.25) is 4.68 Å². The fourth-order valence-electron chi connectivity index (χ4n) is 1.08. The van der Waals surface area contributed by atoms with Gasteiger partial charge in [0.2, 0.25) is 0 Å². The summed E-state index contributed by atoms with van der Waals surface area (Å²) in [4.78, 5) is 0. The Hall–Kier alpha value is -0.550. The number of nitrogens with two attached hydrogens (primary N) is 1. The fourth-order valence-corrected chi connectivity index (χ4v) is 1.39. The fraction of sp³-hybridized carbons (Fsp3) is 0.625. The molecule has 0 aliphatic carbocycles. The number of aliphatic hydroxyl groups is 1. The van der Waals surface area contributed by atoms with E-state index in [4.69, 9.17) is 10.8 Å². The van der Waals surface area contributed by atoms with E-state index in [1.807, 2.05) is 6.20 Å². The Kier molecular flexibility index (Phi) is 3.74. The van der Waals surface area contributed by atoms with Gasteiger partial charge in [-0.15, -0.1) is 0 Å². The van der Waals surface area contributed by atoms with E-state index in [1.165, 1.54) is 0 Å². The van der Waals surface area contributed by atoms with E-state index in [2.05, 4.69) is 21.0 Å². The molecule has 0 aromatic carbocycles. The van der Waals surface area contributed by atoms with Crippen molar-refractivity contribution < 1.29 is 5.11 Å². The van der Waals surface area contributed by atoms with Crippen LogP contribution in [0.4, 0.5) is 5.82 Å². The van der Waals surface area contributed by atoms with Crippen LogP contribution in [0, 0.1) is 0 Å². The van der Waals surface area contributed by atoms with Crippen LogP contribution in [0.5, 0.6) is 0 Å². The lowest BCUT2D eigenvalue weighted by atomic mass is 10.2. The van der Waals surface area contributed by atoms with E-state index in [-0.39, 0.29) is 6.10 Å². The van der Waals surface area contributed by atoms with Crippen LogP contribution >= 0.6 is 15.9 Å². The molecular formula is C8H14BrN3O. The Balaban J connectivity index is 2.37. The second kappa shape index (κ2) is 4.62. The van der Waals surface area contributed by atoms with Gasteiger partial charge in [-0.25, -0.2) is 0 Å². The van der Waals surface area contributed by atoms with Crippen LogP contribution in [0.25, 0.3) is 0 Å². The molecule has 1 aromatic heterocycles. The molecule has 1 unspecified atom stereocenters. The first-order valence-electron chi connectivity index (χ1n) is 4.26. The van der Waals surface area contributed by atoms with Crippen molar-refractivity contribution in [2.75, 3.05) is 5.73 Å². The third kappa shape index (κ3) is 3.36. The summed E-state index contributed by atoms with van der Waals surface area (Å²) in [6.45, 7) is 2.58. The average molecular weight is 248 g/mol. The maximum atomic E-state index is 9.03. The van der Waals surface area contributed by atoms with Crippen molar-refractivity contribution in [2.45, 2.75) is 32.4 Å². The van der Waals surface area contributed by atoms with Crippen LogP contribution in [-0.4, -0.2) is 21.0 Å². The quantitative estimate of drug-likeness (QED) is 0.846. The minimum atomic E-state index is -0.239. The molecule has 0 fully saturated rings. The van der Waals surface area contributed by atoms with E-state index < -0.39 is 0 Å². The molecule has 74 valence electrons. The first kappa shape index (κ1) is 10.5. The summed E-state index contributed by atoms with van der Waals surface area (Å²) in [5, 5.41) is 13.1. The molecule has 1 atom stereocenters. The molecular weight excluding hydrogens is 234 g/mol. The Morgan fingerprint density at radius 2 is 2.46 bits per heavy atom. The van der Waals surface area contributed by atoms with E-state index in [0.29, 0.717) is 5.82 Å². The Morgan fingerprint density at radius 3 is 2.92 bits per heavy atom. The highest BCUT2D eigenvalue weighted by Crippen LogP contribution is 2.16. The van der Waals surface area contributed by atoms with Crippen LogP contribution in [0.3, 0.4) is 0 Å². The zero-order valence-electron chi connectivity index (χ0n) is 7.57. The number of hydrogen-bond donors (Lipinski definition) is 2. The molecule has 5 heteroatoms. The Labute approximate surface area is 85.9 Å². The zero-order chi connectivity index (χ0) is 9.84. The van der Waals surface area contributed by atoms with E-state index in [0.717, 1.165) is 23.9 Å². The number of aryl methyl sites for hydroxylation is 1. The van der Waals surface area contributed by atoms with E-state index >= 15 is 0 Å². The molecule has 0 radical (unpaired) electrons. The first-order valence-corrected chi connectivity index (χ1v) is 5.05. The summed E-state index contributed by atoms with van der Waals surface area (Å²) < 4.78 is 2.60. The topological polar surface area (TPSA) is 64.1 Å². The van der Waals surface area contributed by atoms with Gasteiger partial charge in [-0.1, -0.05) is 0 Å². The molecule has 0 spiro atoms. The Bertz CT molecular complexity index is 253. The SMILES string of the molecule is CC(O)CCCn1cc(Br)c(N)n1. The van der Waals surface area contributed by atoms with Gasteiger partial charge in [-0.05, 0) is 35.7 Å². The zero-order valence-corrected chi connectivity index (χ0v) is 9.16. The molecule has 0 saturated carbocycles. The van der Waals surface area contributed by atoms with Gasteiger partial charge in [-0.2, -0.15) is 5.10 Å². The predicted molar refractivity (Wildman–Crippen MR) is 55.3 cm³/mol. The minimum absolute atomic E-state index is 0.239. The van der Waals surface area contributed by atoms with Crippen LogP contribution in [0.1, 0.15) is 19.8 Å². The van der Waals surface area contributed by atoms with Crippen LogP contribution in [-0.2, 0) is 6.54 Å². The van der Waals surface area contributed by atoms with Crippen LogP contribution < -0.4 is 5.73 Å². The lowest BCUT2D eigenvalue weighted by molar-refractivity contribution is 0.179. The lowest BCUT2D eigenvalue weighted by Gasteiger charge is -2.03. The number of hydrogen-bond acceptors (Lipinski definition) is 3. The molecule has 1 aromatic rings. The maximum absolute atomic E-state index is 9.03. The molecule has 0 amide bonds. The summed E-state index contributed by atoms with van der Waals surface area (Å²) in [7, 11) is 0. The molecule has 0 saturated heterocycles. The lowest BCUT2D eigenvalue weighted by Crippen LogP contribution is -2.04. The highest BCUT2D eigenvalue weighted by molar-refractivity contribution is 9.10. The Morgan fingerprint density at radius 1 is 1.77 bits per heavy atom. The van der Waals surface area contributed by atoms with Gasteiger partial charge in [0.05, 0.1) is 10.6 Å². The van der Waals surface area contributed by atoms with Crippen molar-refractivity contribution in [3.8, 4) is 0 Å². The van der Waals surface area contributed by atoms with Crippen molar-refractivity contribution in [3.63, 3.8) is 0 Å². The number of halogens is 1. The second-order valence-electron chi connectivity index (χ2n) is 3.12. The number of aliphatic hydroxyl groups excluding tert-OH is 1. The van der Waals surface area contributed by atoms with Gasteiger partial charge in [0.1, 0.15) is 0 Å². The molecule has 13 heavy (non-hydrogen) atoms. The van der Waals surface area contributed by atoms with E-state index in [9.17, 15) is 0 Å². The largest absolute Gasteiger partial charge is 0.393 e. The predicted octanol–water partition coefficient (Wildman–Crippen LogP) is 1.39. The number of aromatic nitrogens is 2. The standard InChI is InChI=1S/C8H14BrN3O/c1-6(13)3-2-4-12-5-7(9)8(10)11-12/h5-6,13H,2-4H2,1H3,(H2,10,11). The van der Waals surface area contributed by atoms with E-state index in [1.54, 1.807) is 11.6 Å². The monoisotopic (exact) mass is 247 g/mol. The van der Waals surface area contributed by atoms with Crippen molar-refractivity contribution in [2.24, 2.45) is 0 Å². The molecule has 4 nitrogen and oxygen atoms in total. The van der Waals surface area contributed by atoms with Crippen molar-refractivity contribution in [3.05, 3.63) is 10.7 Å². The van der Waals surface area contributed by atoms with Gasteiger partial charge in [0, 0.05) is 12.7 Å². The second-order valence-corrected chi connectivity index (χ2v) is 3.97. The molecule has 0 aliphatic heterocycles. The summed E-state index contributed by atoms with van der Waals surface area (Å²) in [6, 6.07) is 0. The minimum Gasteiger partial charge on any atom is -0.393 e. The highest BCUT2D eigenvalue weighted by Gasteiger charge is 2.02. The molecule has 0 bridgehead atoms. The summed E-state index contributed by atoms with van der Waals surface area (Å²) >= 11 is 3.28. The smallest absolute Gasteiger partial charge is 0.159 e. The summed E-state index contributed by atoms with van der Waals surface area (Å²) in [5.74, 6) is 0.511. The van der Waals surface area contributed by atoms with Crippen molar-refractivity contribution >= 4 is 21.7 Å². The third-order valence-corrected chi connectivity index (χ3v) is 2.36. The third-order valence-electron chi connectivity index (χ3n) is 1.75. The van der Waals surface area contributed by atoms with Crippen LogP contribution in [0.2, 0.25) is 0 Å². The molecule has 0 aliphatic rings. The maximum Gasteiger partial charge on any atom is 0.159 e. The molecule has 1 heterocycles. The molecule has 3 N–H and O–H groups in total. The van der Waals surface area contributed by atoms with Crippen molar-refractivity contribution in [1.82, 2.24) is 9.78 Å². The van der Waals surface area contributed by atoms with Gasteiger partial charge in [0.15, 0.2) is 5.82 Å². The van der Waals surface area contributed by atoms with Gasteiger partial charge >= 0.3 is 0 Å². The van der Waals surface area contributed by atoms with Crippen LogP contribution in [0.15, 0.2) is 10.7 Å². The normalized spacial score (nSPS) is 13.2. The highest BCUT2D eigenvalue weighted by atomic mass is 79.9. The average Bonchev–Trinajstić information content (AvgIpc) is 2.30. The summed E-state index contributed by atoms with van der Waals surface area (Å²) in [6.07, 6.45) is 3.30. The first-order chi connectivity index (χ1) is 6.09. The van der Waals surface area contributed by atoms with Gasteiger partial charge < -0.3 is 10.8 Å². The number of nitrogens with zero attached hydrogens (tertiary/aromatic N) is 2.